The van der Waals surface area contributed by atoms with Crippen LogP contribution in [0.5, 0.6) is 0 Å². The standard InChI is InChI=1S/C26H32O2S/c1-3-27-18-22-24(19-11-8-9-12-19)25-16-10-15-21(25)23(28-4-2)17-26(22,25)29-20-13-6-5-7-14-20/h5-7,11,13-14,17,21H,3-4,8-10,12,15-16,18H2,1-2H3. The number of hydrogen-bond acceptors (Lipinski definition) is 3. The van der Waals surface area contributed by atoms with Crippen molar-refractivity contribution in [2.45, 2.75) is 62.0 Å². The summed E-state index contributed by atoms with van der Waals surface area (Å²) in [5.41, 5.74) is 4.98. The first kappa shape index (κ1) is 19.5. The third kappa shape index (κ3) is 2.73. The minimum atomic E-state index is -0.0199. The van der Waals surface area contributed by atoms with Gasteiger partial charge >= 0.3 is 0 Å². The summed E-state index contributed by atoms with van der Waals surface area (Å²) < 4.78 is 12.3. The summed E-state index contributed by atoms with van der Waals surface area (Å²) in [6.45, 7) is 6.49. The zero-order valence-electron chi connectivity index (χ0n) is 17.7. The molecule has 4 aliphatic rings. The van der Waals surface area contributed by atoms with E-state index in [2.05, 4.69) is 56.3 Å². The number of thioether (sulfide) groups is 1. The summed E-state index contributed by atoms with van der Waals surface area (Å²) in [5.74, 6) is 1.77. The number of ether oxygens (including phenoxy) is 2. The summed E-state index contributed by atoms with van der Waals surface area (Å²) in [6, 6.07) is 10.9. The quantitative estimate of drug-likeness (QED) is 0.477. The SMILES string of the molecule is CCOCC1=C(C2=CCCC2)C23CCCC2C(OCC)=CC13Sc1ccccc1. The van der Waals surface area contributed by atoms with Gasteiger partial charge in [-0.2, -0.15) is 0 Å². The number of hydrogen-bond donors (Lipinski definition) is 0. The molecule has 1 spiro atoms. The largest absolute Gasteiger partial charge is 0.498 e. The molecule has 1 fully saturated rings. The van der Waals surface area contributed by atoms with Crippen LogP contribution < -0.4 is 0 Å². The number of benzene rings is 1. The van der Waals surface area contributed by atoms with Crippen LogP contribution in [0.15, 0.2) is 69.9 Å². The van der Waals surface area contributed by atoms with Crippen LogP contribution in [-0.2, 0) is 9.47 Å². The van der Waals surface area contributed by atoms with Crippen LogP contribution in [0.25, 0.3) is 0 Å². The maximum Gasteiger partial charge on any atom is 0.0977 e. The van der Waals surface area contributed by atoms with Crippen LogP contribution in [0.3, 0.4) is 0 Å². The van der Waals surface area contributed by atoms with Crippen LogP contribution >= 0.6 is 11.8 Å². The highest BCUT2D eigenvalue weighted by Gasteiger charge is 2.73. The molecule has 1 aromatic carbocycles. The maximum atomic E-state index is 6.28. The Bertz CT molecular complexity index is 868. The molecule has 0 saturated heterocycles. The van der Waals surface area contributed by atoms with E-state index < -0.39 is 0 Å². The highest BCUT2D eigenvalue weighted by molar-refractivity contribution is 8.01. The van der Waals surface area contributed by atoms with E-state index in [9.17, 15) is 0 Å². The monoisotopic (exact) mass is 408 g/mol. The molecule has 0 amide bonds. The summed E-state index contributed by atoms with van der Waals surface area (Å²) in [4.78, 5) is 1.35. The van der Waals surface area contributed by atoms with E-state index in [0.29, 0.717) is 5.92 Å². The van der Waals surface area contributed by atoms with E-state index in [1.165, 1.54) is 54.8 Å². The second-order valence-electron chi connectivity index (χ2n) is 8.66. The third-order valence-corrected chi connectivity index (χ3v) is 8.91. The second-order valence-corrected chi connectivity index (χ2v) is 9.98. The van der Waals surface area contributed by atoms with Crippen LogP contribution in [0.2, 0.25) is 0 Å². The topological polar surface area (TPSA) is 18.5 Å². The Balaban J connectivity index is 1.67. The fraction of sp³-hybridized carbons (Fsp3) is 0.538. The van der Waals surface area contributed by atoms with Gasteiger partial charge in [-0.25, -0.2) is 0 Å². The molecule has 0 N–H and O–H groups in total. The minimum Gasteiger partial charge on any atom is -0.498 e. The molecule has 0 aromatic heterocycles. The molecule has 3 atom stereocenters. The molecule has 0 aliphatic heterocycles. The molecule has 3 unspecified atom stereocenters. The molecule has 1 saturated carbocycles. The van der Waals surface area contributed by atoms with Gasteiger partial charge in [-0.15, -0.1) is 11.8 Å². The zero-order chi connectivity index (χ0) is 19.9. The first-order valence-corrected chi connectivity index (χ1v) is 12.2. The lowest BCUT2D eigenvalue weighted by molar-refractivity contribution is 0.122. The van der Waals surface area contributed by atoms with Gasteiger partial charge in [-0.05, 0) is 80.9 Å². The van der Waals surface area contributed by atoms with Crippen LogP contribution in [0.1, 0.15) is 52.4 Å². The van der Waals surface area contributed by atoms with Crippen molar-refractivity contribution in [1.82, 2.24) is 0 Å². The average Bonchev–Trinajstić information content (AvgIpc) is 3.45. The predicted molar refractivity (Wildman–Crippen MR) is 120 cm³/mol. The average molecular weight is 409 g/mol. The second kappa shape index (κ2) is 7.67. The smallest absolute Gasteiger partial charge is 0.0977 e. The normalized spacial score (nSPS) is 32.6. The Labute approximate surface area is 179 Å². The molecule has 3 heteroatoms. The van der Waals surface area contributed by atoms with Crippen LogP contribution in [0.4, 0.5) is 0 Å². The molecule has 5 rings (SSSR count). The lowest BCUT2D eigenvalue weighted by atomic mass is 9.52. The van der Waals surface area contributed by atoms with Gasteiger partial charge in [0.1, 0.15) is 0 Å². The Hall–Kier alpha value is -1.45. The fourth-order valence-electron chi connectivity index (χ4n) is 6.43. The van der Waals surface area contributed by atoms with Gasteiger partial charge in [0.05, 0.1) is 23.7 Å². The Morgan fingerprint density at radius 3 is 2.69 bits per heavy atom. The van der Waals surface area contributed by atoms with Crippen molar-refractivity contribution in [3.05, 3.63) is 65.0 Å². The van der Waals surface area contributed by atoms with Crippen molar-refractivity contribution >= 4 is 11.8 Å². The van der Waals surface area contributed by atoms with E-state index in [4.69, 9.17) is 9.47 Å². The highest BCUT2D eigenvalue weighted by Crippen LogP contribution is 2.77. The van der Waals surface area contributed by atoms with Gasteiger partial charge in [0.15, 0.2) is 0 Å². The Morgan fingerprint density at radius 2 is 1.97 bits per heavy atom. The van der Waals surface area contributed by atoms with E-state index in [0.717, 1.165) is 19.8 Å². The molecule has 0 radical (unpaired) electrons. The predicted octanol–water partition coefficient (Wildman–Crippen LogP) is 6.70. The Morgan fingerprint density at radius 1 is 1.10 bits per heavy atom. The molecule has 29 heavy (non-hydrogen) atoms. The van der Waals surface area contributed by atoms with Crippen LogP contribution in [0, 0.1) is 11.3 Å². The van der Waals surface area contributed by atoms with Gasteiger partial charge in [0.25, 0.3) is 0 Å². The van der Waals surface area contributed by atoms with Gasteiger partial charge in [-0.1, -0.05) is 30.7 Å². The lowest BCUT2D eigenvalue weighted by Crippen LogP contribution is -2.56. The molecular formula is C26H32O2S. The third-order valence-electron chi connectivity index (χ3n) is 7.35. The highest BCUT2D eigenvalue weighted by atomic mass is 32.2. The van der Waals surface area contributed by atoms with E-state index >= 15 is 0 Å². The summed E-state index contributed by atoms with van der Waals surface area (Å²) >= 11 is 2.04. The van der Waals surface area contributed by atoms with E-state index in [1.54, 1.807) is 11.1 Å². The van der Waals surface area contributed by atoms with E-state index in [1.807, 2.05) is 11.8 Å². The van der Waals surface area contributed by atoms with Crippen molar-refractivity contribution in [2.24, 2.45) is 11.3 Å². The van der Waals surface area contributed by atoms with Gasteiger partial charge in [0.2, 0.25) is 0 Å². The molecule has 0 bridgehead atoms. The summed E-state index contributed by atoms with van der Waals surface area (Å²) in [7, 11) is 0. The van der Waals surface area contributed by atoms with Crippen molar-refractivity contribution < 1.29 is 9.47 Å². The first-order chi connectivity index (χ1) is 14.3. The molecule has 1 aromatic rings. The van der Waals surface area contributed by atoms with Crippen molar-refractivity contribution in [3.8, 4) is 0 Å². The minimum absolute atomic E-state index is 0.0199. The van der Waals surface area contributed by atoms with Crippen molar-refractivity contribution in [3.63, 3.8) is 0 Å². The molecular weight excluding hydrogens is 376 g/mol. The lowest BCUT2D eigenvalue weighted by Gasteiger charge is -2.58. The molecule has 0 heterocycles. The summed E-state index contributed by atoms with van der Waals surface area (Å²) in [6.07, 6.45) is 12.6. The summed E-state index contributed by atoms with van der Waals surface area (Å²) in [5, 5.41) is 0. The zero-order valence-corrected chi connectivity index (χ0v) is 18.5. The molecule has 4 aliphatic carbocycles. The van der Waals surface area contributed by atoms with Crippen LogP contribution in [-0.4, -0.2) is 24.6 Å². The fourth-order valence-corrected chi connectivity index (χ4v) is 8.08. The first-order valence-electron chi connectivity index (χ1n) is 11.4. The molecule has 154 valence electrons. The molecule has 2 nitrogen and oxygen atoms in total. The number of allylic oxidation sites excluding steroid dienone is 4. The maximum absolute atomic E-state index is 6.28. The van der Waals surface area contributed by atoms with Crippen molar-refractivity contribution in [1.29, 1.82) is 0 Å². The van der Waals surface area contributed by atoms with Crippen molar-refractivity contribution in [2.75, 3.05) is 19.8 Å². The van der Waals surface area contributed by atoms with E-state index in [-0.39, 0.29) is 10.2 Å². The Kier molecular flexibility index (Phi) is 5.16. The van der Waals surface area contributed by atoms with Gasteiger partial charge < -0.3 is 9.47 Å². The number of rotatable bonds is 8. The van der Waals surface area contributed by atoms with Gasteiger partial charge in [-0.3, -0.25) is 0 Å². The van der Waals surface area contributed by atoms with Gasteiger partial charge in [0, 0.05) is 22.8 Å².